The summed E-state index contributed by atoms with van der Waals surface area (Å²) in [5.41, 5.74) is 4.65. The second-order valence-electron chi connectivity index (χ2n) is 6.70. The molecule has 2 heterocycles. The van der Waals surface area contributed by atoms with E-state index in [2.05, 4.69) is 47.6 Å². The van der Waals surface area contributed by atoms with Gasteiger partial charge in [0.2, 0.25) is 5.79 Å². The van der Waals surface area contributed by atoms with Gasteiger partial charge in [0.1, 0.15) is 16.8 Å². The largest absolute Gasteiger partial charge is 0.348 e. The third-order valence-corrected chi connectivity index (χ3v) is 6.58. The van der Waals surface area contributed by atoms with Gasteiger partial charge in [0.15, 0.2) is 0 Å². The van der Waals surface area contributed by atoms with Crippen LogP contribution in [-0.4, -0.2) is 24.2 Å². The van der Waals surface area contributed by atoms with Crippen LogP contribution in [0.15, 0.2) is 46.8 Å². The Hall–Kier alpha value is -2.24. The maximum atomic E-state index is 9.43. The molecule has 0 bridgehead atoms. The van der Waals surface area contributed by atoms with Gasteiger partial charge in [-0.25, -0.2) is 9.97 Å². The fourth-order valence-corrected chi connectivity index (χ4v) is 4.50. The standard InChI is InChI=1S/C22H23N3O2S2/c1-15-5-7-16(8-6-15)11-20-24-18(13-28-20)14-29-21-17(12-23)9-10-19(25-21)22(2,26-3)27-4/h5-10,13H,11,14H2,1-4H3. The quantitative estimate of drug-likeness (QED) is 0.371. The fraction of sp³-hybridized carbons (Fsp3) is 0.318. The Morgan fingerprint density at radius 3 is 2.48 bits per heavy atom. The molecule has 0 aliphatic heterocycles. The summed E-state index contributed by atoms with van der Waals surface area (Å²) in [7, 11) is 3.14. The van der Waals surface area contributed by atoms with Crippen molar-refractivity contribution in [2.24, 2.45) is 0 Å². The first-order valence-corrected chi connectivity index (χ1v) is 11.0. The number of methoxy groups -OCH3 is 2. The summed E-state index contributed by atoms with van der Waals surface area (Å²) < 4.78 is 10.9. The smallest absolute Gasteiger partial charge is 0.208 e. The van der Waals surface area contributed by atoms with Crippen LogP contribution in [0.4, 0.5) is 0 Å². The molecule has 29 heavy (non-hydrogen) atoms. The minimum atomic E-state index is -0.953. The zero-order valence-corrected chi connectivity index (χ0v) is 18.6. The molecule has 0 fully saturated rings. The summed E-state index contributed by atoms with van der Waals surface area (Å²) >= 11 is 3.16. The lowest BCUT2D eigenvalue weighted by Crippen LogP contribution is -2.28. The Kier molecular flexibility index (Phi) is 7.04. The van der Waals surface area contributed by atoms with Crippen LogP contribution < -0.4 is 0 Å². The van der Waals surface area contributed by atoms with Crippen LogP contribution in [0.5, 0.6) is 0 Å². The SMILES string of the molecule is COC(C)(OC)c1ccc(C#N)c(SCc2csc(Cc3ccc(C)cc3)n2)n1. The average molecular weight is 426 g/mol. The predicted octanol–water partition coefficient (Wildman–Crippen LogP) is 5.07. The van der Waals surface area contributed by atoms with E-state index in [1.165, 1.54) is 22.9 Å². The van der Waals surface area contributed by atoms with E-state index in [0.29, 0.717) is 22.0 Å². The van der Waals surface area contributed by atoms with Gasteiger partial charge in [-0.2, -0.15) is 5.26 Å². The van der Waals surface area contributed by atoms with Crippen LogP contribution in [-0.2, 0) is 27.4 Å². The maximum absolute atomic E-state index is 9.43. The highest BCUT2D eigenvalue weighted by atomic mass is 32.2. The molecule has 3 rings (SSSR count). The number of hydrogen-bond donors (Lipinski definition) is 0. The van der Waals surface area contributed by atoms with Crippen molar-refractivity contribution in [2.45, 2.75) is 36.8 Å². The Morgan fingerprint density at radius 1 is 1.10 bits per heavy atom. The number of pyridine rings is 1. The third kappa shape index (κ3) is 5.22. The van der Waals surface area contributed by atoms with E-state index in [4.69, 9.17) is 14.5 Å². The minimum Gasteiger partial charge on any atom is -0.348 e. The summed E-state index contributed by atoms with van der Waals surface area (Å²) in [5.74, 6) is -0.308. The van der Waals surface area contributed by atoms with Gasteiger partial charge in [-0.05, 0) is 31.5 Å². The van der Waals surface area contributed by atoms with Crippen molar-refractivity contribution in [2.75, 3.05) is 14.2 Å². The second-order valence-corrected chi connectivity index (χ2v) is 8.61. The van der Waals surface area contributed by atoms with E-state index in [1.54, 1.807) is 44.6 Å². The number of nitrogens with zero attached hydrogens (tertiary/aromatic N) is 3. The molecule has 5 nitrogen and oxygen atoms in total. The van der Waals surface area contributed by atoms with Crippen molar-refractivity contribution in [3.8, 4) is 6.07 Å². The maximum Gasteiger partial charge on any atom is 0.208 e. The average Bonchev–Trinajstić information content (AvgIpc) is 3.20. The van der Waals surface area contributed by atoms with Gasteiger partial charge in [-0.15, -0.1) is 11.3 Å². The molecule has 150 valence electrons. The van der Waals surface area contributed by atoms with Crippen molar-refractivity contribution in [1.82, 2.24) is 9.97 Å². The molecule has 0 spiro atoms. The number of aromatic nitrogens is 2. The van der Waals surface area contributed by atoms with Crippen LogP contribution in [0.1, 0.15) is 40.0 Å². The number of thioether (sulfide) groups is 1. The van der Waals surface area contributed by atoms with Crippen molar-refractivity contribution in [3.63, 3.8) is 0 Å². The van der Waals surface area contributed by atoms with Crippen LogP contribution in [0.2, 0.25) is 0 Å². The molecule has 7 heteroatoms. The van der Waals surface area contributed by atoms with E-state index in [1.807, 2.05) is 0 Å². The molecule has 0 saturated carbocycles. The van der Waals surface area contributed by atoms with Gasteiger partial charge >= 0.3 is 0 Å². The topological polar surface area (TPSA) is 68.0 Å². The highest BCUT2D eigenvalue weighted by Gasteiger charge is 2.28. The molecule has 0 unspecified atom stereocenters. The monoisotopic (exact) mass is 425 g/mol. The zero-order chi connectivity index (χ0) is 20.9. The number of rotatable bonds is 8. The van der Waals surface area contributed by atoms with Gasteiger partial charge in [0.05, 0.1) is 16.3 Å². The van der Waals surface area contributed by atoms with Crippen LogP contribution in [0.25, 0.3) is 0 Å². The van der Waals surface area contributed by atoms with Crippen molar-refractivity contribution >= 4 is 23.1 Å². The molecule has 0 atom stereocenters. The lowest BCUT2D eigenvalue weighted by molar-refractivity contribution is -0.204. The number of benzene rings is 1. The molecular formula is C22H23N3O2S2. The minimum absolute atomic E-state index is 0.531. The number of hydrogen-bond acceptors (Lipinski definition) is 7. The number of thiazole rings is 1. The summed E-state index contributed by atoms with van der Waals surface area (Å²) in [6, 6.07) is 14.2. The molecule has 0 aliphatic rings. The summed E-state index contributed by atoms with van der Waals surface area (Å²) in [6.45, 7) is 3.89. The first-order valence-electron chi connectivity index (χ1n) is 9.11. The molecule has 0 saturated heterocycles. The molecule has 0 aliphatic carbocycles. The highest BCUT2D eigenvalue weighted by molar-refractivity contribution is 7.98. The molecule has 0 radical (unpaired) electrons. The van der Waals surface area contributed by atoms with E-state index < -0.39 is 5.79 Å². The van der Waals surface area contributed by atoms with Crippen LogP contribution in [0, 0.1) is 18.3 Å². The molecular weight excluding hydrogens is 402 g/mol. The lowest BCUT2D eigenvalue weighted by Gasteiger charge is -2.26. The van der Waals surface area contributed by atoms with Gasteiger partial charge in [-0.1, -0.05) is 41.6 Å². The van der Waals surface area contributed by atoms with Crippen LogP contribution in [0.3, 0.4) is 0 Å². The summed E-state index contributed by atoms with van der Waals surface area (Å²) in [6.07, 6.45) is 0.826. The summed E-state index contributed by atoms with van der Waals surface area (Å²) in [5, 5.41) is 13.2. The molecule has 0 amide bonds. The van der Waals surface area contributed by atoms with E-state index >= 15 is 0 Å². The molecule has 2 aromatic heterocycles. The fourth-order valence-electron chi connectivity index (χ4n) is 2.70. The summed E-state index contributed by atoms with van der Waals surface area (Å²) in [4.78, 5) is 9.36. The molecule has 1 aromatic carbocycles. The Bertz CT molecular complexity index is 1010. The van der Waals surface area contributed by atoms with E-state index in [9.17, 15) is 5.26 Å². The Morgan fingerprint density at radius 2 is 1.83 bits per heavy atom. The van der Waals surface area contributed by atoms with E-state index in [0.717, 1.165) is 17.1 Å². The number of nitriles is 1. The first-order chi connectivity index (χ1) is 14.0. The normalized spacial score (nSPS) is 11.4. The molecule has 0 N–H and O–H groups in total. The Balaban J connectivity index is 1.72. The Labute approximate surface area is 179 Å². The van der Waals surface area contributed by atoms with Crippen molar-refractivity contribution in [3.05, 3.63) is 74.9 Å². The first kappa shape index (κ1) is 21.5. The van der Waals surface area contributed by atoms with Gasteiger partial charge < -0.3 is 9.47 Å². The lowest BCUT2D eigenvalue weighted by atomic mass is 10.1. The van der Waals surface area contributed by atoms with Gasteiger partial charge in [0, 0.05) is 31.8 Å². The number of aryl methyl sites for hydroxylation is 1. The number of ether oxygens (including phenoxy) is 2. The third-order valence-electron chi connectivity index (χ3n) is 4.66. The van der Waals surface area contributed by atoms with Crippen molar-refractivity contribution < 1.29 is 9.47 Å². The molecule has 3 aromatic rings. The van der Waals surface area contributed by atoms with Gasteiger partial charge in [-0.3, -0.25) is 0 Å². The van der Waals surface area contributed by atoms with Gasteiger partial charge in [0.25, 0.3) is 0 Å². The van der Waals surface area contributed by atoms with E-state index in [-0.39, 0.29) is 0 Å². The highest BCUT2D eigenvalue weighted by Crippen LogP contribution is 2.30. The predicted molar refractivity (Wildman–Crippen MR) is 116 cm³/mol. The van der Waals surface area contributed by atoms with Crippen molar-refractivity contribution in [1.29, 1.82) is 5.26 Å². The zero-order valence-electron chi connectivity index (χ0n) is 16.9. The van der Waals surface area contributed by atoms with Crippen LogP contribution >= 0.6 is 23.1 Å². The second kappa shape index (κ2) is 9.51.